The van der Waals surface area contributed by atoms with Gasteiger partial charge in [-0.1, -0.05) is 49.7 Å². The first-order chi connectivity index (χ1) is 12.0. The molecule has 0 radical (unpaired) electrons. The molecule has 132 valence electrons. The number of halogens is 1. The molecule has 3 N–H and O–H groups in total. The van der Waals surface area contributed by atoms with Crippen molar-refractivity contribution >= 4 is 34.8 Å². The molecule has 0 heterocycles. The van der Waals surface area contributed by atoms with E-state index < -0.39 is 0 Å². The molecule has 0 aromatic heterocycles. The van der Waals surface area contributed by atoms with Gasteiger partial charge >= 0.3 is 0 Å². The lowest BCUT2D eigenvalue weighted by Gasteiger charge is -2.13. The van der Waals surface area contributed by atoms with Crippen LogP contribution in [0.15, 0.2) is 48.5 Å². The number of amides is 2. The van der Waals surface area contributed by atoms with Gasteiger partial charge in [0.25, 0.3) is 5.91 Å². The summed E-state index contributed by atoms with van der Waals surface area (Å²) in [4.78, 5) is 24.4. The Labute approximate surface area is 152 Å². The van der Waals surface area contributed by atoms with Gasteiger partial charge in [0.1, 0.15) is 0 Å². The molecule has 0 unspecified atom stereocenters. The minimum atomic E-state index is -0.245. The zero-order valence-electron chi connectivity index (χ0n) is 14.3. The van der Waals surface area contributed by atoms with Crippen LogP contribution < -0.4 is 16.0 Å². The molecule has 0 bridgehead atoms. The first kappa shape index (κ1) is 18.8. The van der Waals surface area contributed by atoms with E-state index in [1.54, 1.807) is 42.5 Å². The van der Waals surface area contributed by atoms with E-state index in [1.165, 1.54) is 0 Å². The van der Waals surface area contributed by atoms with Gasteiger partial charge in [-0.3, -0.25) is 9.59 Å². The van der Waals surface area contributed by atoms with Gasteiger partial charge < -0.3 is 16.0 Å². The van der Waals surface area contributed by atoms with Crippen molar-refractivity contribution in [2.75, 3.05) is 23.7 Å². The normalized spacial score (nSPS) is 10.4. The van der Waals surface area contributed by atoms with E-state index in [-0.39, 0.29) is 18.4 Å². The summed E-state index contributed by atoms with van der Waals surface area (Å²) in [5, 5.41) is 9.09. The number of nitrogens with one attached hydrogen (secondary N) is 3. The third-order valence-corrected chi connectivity index (χ3v) is 3.76. The SMILES string of the molecule is CC(C)CNC(=O)c1ccccc1NCC(=O)Nc1ccccc1Cl. The molecule has 0 aliphatic heterocycles. The second kappa shape index (κ2) is 9.08. The number of para-hydroxylation sites is 2. The number of carbonyl (C=O) groups excluding carboxylic acids is 2. The van der Waals surface area contributed by atoms with Crippen LogP contribution in [0.1, 0.15) is 24.2 Å². The predicted molar refractivity (Wildman–Crippen MR) is 102 cm³/mol. The van der Waals surface area contributed by atoms with E-state index in [4.69, 9.17) is 11.6 Å². The van der Waals surface area contributed by atoms with Gasteiger partial charge in [0.2, 0.25) is 5.91 Å². The van der Waals surface area contributed by atoms with Gasteiger partial charge in [-0.2, -0.15) is 0 Å². The van der Waals surface area contributed by atoms with Crippen molar-refractivity contribution in [1.82, 2.24) is 5.32 Å². The van der Waals surface area contributed by atoms with Crippen LogP contribution in [0.25, 0.3) is 0 Å². The Hall–Kier alpha value is -2.53. The summed E-state index contributed by atoms with van der Waals surface area (Å²) >= 11 is 6.02. The van der Waals surface area contributed by atoms with Crippen molar-refractivity contribution in [1.29, 1.82) is 0 Å². The lowest BCUT2D eigenvalue weighted by Crippen LogP contribution is -2.29. The highest BCUT2D eigenvalue weighted by Crippen LogP contribution is 2.20. The largest absolute Gasteiger partial charge is 0.376 e. The summed E-state index contributed by atoms with van der Waals surface area (Å²) in [6, 6.07) is 14.1. The van der Waals surface area contributed by atoms with Crippen molar-refractivity contribution in [2.24, 2.45) is 5.92 Å². The number of benzene rings is 2. The Balaban J connectivity index is 1.97. The Bertz CT molecular complexity index is 747. The Morgan fingerprint density at radius 3 is 2.32 bits per heavy atom. The molecular formula is C19H22ClN3O2. The maximum Gasteiger partial charge on any atom is 0.253 e. The van der Waals surface area contributed by atoms with Crippen LogP contribution in [0.2, 0.25) is 5.02 Å². The maximum atomic E-state index is 12.3. The molecule has 2 aromatic carbocycles. The van der Waals surface area contributed by atoms with E-state index in [0.29, 0.717) is 34.4 Å². The average Bonchev–Trinajstić information content (AvgIpc) is 2.60. The van der Waals surface area contributed by atoms with Crippen molar-refractivity contribution in [3.8, 4) is 0 Å². The molecule has 0 fully saturated rings. The van der Waals surface area contributed by atoms with Crippen molar-refractivity contribution in [2.45, 2.75) is 13.8 Å². The fourth-order valence-electron chi connectivity index (χ4n) is 2.16. The molecule has 0 saturated carbocycles. The van der Waals surface area contributed by atoms with Crippen LogP contribution in [-0.4, -0.2) is 24.9 Å². The molecular weight excluding hydrogens is 338 g/mol. The highest BCUT2D eigenvalue weighted by atomic mass is 35.5. The summed E-state index contributed by atoms with van der Waals surface area (Å²) in [5.74, 6) is -0.0423. The van der Waals surface area contributed by atoms with E-state index in [1.807, 2.05) is 19.9 Å². The molecule has 5 nitrogen and oxygen atoms in total. The first-order valence-corrected chi connectivity index (χ1v) is 8.50. The summed E-state index contributed by atoms with van der Waals surface area (Å²) in [6.07, 6.45) is 0. The number of rotatable bonds is 7. The van der Waals surface area contributed by atoms with Gasteiger partial charge in [0, 0.05) is 12.2 Å². The first-order valence-electron chi connectivity index (χ1n) is 8.13. The molecule has 0 aliphatic rings. The molecule has 6 heteroatoms. The molecule has 0 aliphatic carbocycles. The molecule has 0 spiro atoms. The van der Waals surface area contributed by atoms with Gasteiger partial charge in [-0.15, -0.1) is 0 Å². The summed E-state index contributed by atoms with van der Waals surface area (Å²) in [7, 11) is 0. The zero-order chi connectivity index (χ0) is 18.2. The Morgan fingerprint density at radius 1 is 1.00 bits per heavy atom. The second-order valence-corrected chi connectivity index (χ2v) is 6.44. The minimum absolute atomic E-state index is 0.0275. The fourth-order valence-corrected chi connectivity index (χ4v) is 2.34. The second-order valence-electron chi connectivity index (χ2n) is 6.03. The van der Waals surface area contributed by atoms with E-state index in [0.717, 1.165) is 0 Å². The molecule has 2 amide bonds. The smallest absolute Gasteiger partial charge is 0.253 e. The summed E-state index contributed by atoms with van der Waals surface area (Å²) in [6.45, 7) is 4.69. The van der Waals surface area contributed by atoms with Crippen LogP contribution in [0.4, 0.5) is 11.4 Å². The molecule has 2 rings (SSSR count). The van der Waals surface area contributed by atoms with Gasteiger partial charge in [0.15, 0.2) is 0 Å². The minimum Gasteiger partial charge on any atom is -0.376 e. The predicted octanol–water partition coefficient (Wildman–Crippen LogP) is 3.78. The third kappa shape index (κ3) is 5.80. The lowest BCUT2D eigenvalue weighted by atomic mass is 10.1. The van der Waals surface area contributed by atoms with E-state index >= 15 is 0 Å². The number of carbonyl (C=O) groups is 2. The number of hydrogen-bond donors (Lipinski definition) is 3. The van der Waals surface area contributed by atoms with Crippen LogP contribution in [0.3, 0.4) is 0 Å². The highest BCUT2D eigenvalue weighted by Gasteiger charge is 2.12. The summed E-state index contributed by atoms with van der Waals surface area (Å²) in [5.41, 5.74) is 1.67. The van der Waals surface area contributed by atoms with E-state index in [9.17, 15) is 9.59 Å². The Kier molecular flexibility index (Phi) is 6.83. The number of anilines is 2. The van der Waals surface area contributed by atoms with Crippen molar-refractivity contribution in [3.05, 3.63) is 59.1 Å². The molecule has 0 saturated heterocycles. The highest BCUT2D eigenvalue weighted by molar-refractivity contribution is 6.33. The standard InChI is InChI=1S/C19H22ClN3O2/c1-13(2)11-22-19(25)14-7-3-5-9-16(14)21-12-18(24)23-17-10-6-4-8-15(17)20/h3-10,13,21H,11-12H2,1-2H3,(H,22,25)(H,23,24). The maximum absolute atomic E-state index is 12.3. The van der Waals surface area contributed by atoms with Crippen molar-refractivity contribution in [3.63, 3.8) is 0 Å². The zero-order valence-corrected chi connectivity index (χ0v) is 15.1. The lowest BCUT2D eigenvalue weighted by molar-refractivity contribution is -0.114. The van der Waals surface area contributed by atoms with Crippen LogP contribution in [0.5, 0.6) is 0 Å². The van der Waals surface area contributed by atoms with Crippen molar-refractivity contribution < 1.29 is 9.59 Å². The van der Waals surface area contributed by atoms with Crippen LogP contribution in [0, 0.1) is 5.92 Å². The van der Waals surface area contributed by atoms with Crippen LogP contribution in [-0.2, 0) is 4.79 Å². The molecule has 2 aromatic rings. The fraction of sp³-hybridized carbons (Fsp3) is 0.263. The Morgan fingerprint density at radius 2 is 1.64 bits per heavy atom. The summed E-state index contributed by atoms with van der Waals surface area (Å²) < 4.78 is 0. The van der Waals surface area contributed by atoms with Gasteiger partial charge in [-0.25, -0.2) is 0 Å². The van der Waals surface area contributed by atoms with Crippen LogP contribution >= 0.6 is 11.6 Å². The average molecular weight is 360 g/mol. The van der Waals surface area contributed by atoms with E-state index in [2.05, 4.69) is 16.0 Å². The van der Waals surface area contributed by atoms with Gasteiger partial charge in [0.05, 0.1) is 22.8 Å². The molecule has 0 atom stereocenters. The topological polar surface area (TPSA) is 70.2 Å². The third-order valence-electron chi connectivity index (χ3n) is 3.43. The number of hydrogen-bond acceptors (Lipinski definition) is 3. The monoisotopic (exact) mass is 359 g/mol. The quantitative estimate of drug-likeness (QED) is 0.704. The van der Waals surface area contributed by atoms with Gasteiger partial charge in [-0.05, 0) is 30.2 Å². The molecule has 25 heavy (non-hydrogen) atoms.